The fourth-order valence-corrected chi connectivity index (χ4v) is 4.37. The van der Waals surface area contributed by atoms with Gasteiger partial charge in [-0.1, -0.05) is 67.7 Å². The van der Waals surface area contributed by atoms with E-state index in [2.05, 4.69) is 12.2 Å². The second-order valence-corrected chi connectivity index (χ2v) is 9.20. The van der Waals surface area contributed by atoms with Gasteiger partial charge in [0.25, 0.3) is 0 Å². The van der Waals surface area contributed by atoms with Gasteiger partial charge in [-0.05, 0) is 48.2 Å². The number of amides is 2. The molecule has 0 aliphatic heterocycles. The Morgan fingerprint density at radius 1 is 1.03 bits per heavy atom. The van der Waals surface area contributed by atoms with Crippen LogP contribution in [0.2, 0.25) is 10.0 Å². The molecule has 31 heavy (non-hydrogen) atoms. The first-order chi connectivity index (χ1) is 14.9. The molecule has 0 fully saturated rings. The van der Waals surface area contributed by atoms with Crippen molar-refractivity contribution in [2.24, 2.45) is 0 Å². The molecular weight excluding hydrogens is 451 g/mol. The Morgan fingerprint density at radius 3 is 2.42 bits per heavy atom. The number of hydrogen-bond acceptors (Lipinski definition) is 3. The number of nitrogens with one attached hydrogen (secondary N) is 1. The highest BCUT2D eigenvalue weighted by atomic mass is 35.5. The normalized spacial score (nSPS) is 11.7. The Balaban J connectivity index is 2.09. The molecule has 0 heterocycles. The Morgan fingerprint density at radius 2 is 1.77 bits per heavy atom. The molecule has 2 amide bonds. The summed E-state index contributed by atoms with van der Waals surface area (Å²) in [4.78, 5) is 27.7. The van der Waals surface area contributed by atoms with Crippen LogP contribution in [-0.2, 0) is 21.9 Å². The zero-order valence-electron chi connectivity index (χ0n) is 18.1. The van der Waals surface area contributed by atoms with Crippen molar-refractivity contribution in [1.29, 1.82) is 0 Å². The fraction of sp³-hybridized carbons (Fsp3) is 0.417. The second kappa shape index (κ2) is 13.7. The maximum Gasteiger partial charge on any atom is 0.242 e. The number of unbranched alkanes of at least 4 members (excludes halogenated alkanes) is 1. The summed E-state index contributed by atoms with van der Waals surface area (Å²) in [7, 11) is 0. The lowest BCUT2D eigenvalue weighted by Gasteiger charge is -2.30. The zero-order valence-corrected chi connectivity index (χ0v) is 20.4. The predicted octanol–water partition coefficient (Wildman–Crippen LogP) is 5.95. The average Bonchev–Trinajstić information content (AvgIpc) is 2.75. The van der Waals surface area contributed by atoms with Crippen molar-refractivity contribution in [3.05, 3.63) is 69.7 Å². The van der Waals surface area contributed by atoms with Crippen LogP contribution in [0.3, 0.4) is 0 Å². The Labute approximate surface area is 199 Å². The van der Waals surface area contributed by atoms with Crippen LogP contribution in [0, 0.1) is 0 Å². The molecule has 0 bridgehead atoms. The smallest absolute Gasteiger partial charge is 0.242 e. The van der Waals surface area contributed by atoms with Crippen molar-refractivity contribution in [3.63, 3.8) is 0 Å². The van der Waals surface area contributed by atoms with E-state index in [1.807, 2.05) is 43.3 Å². The number of rotatable bonds is 12. The fourth-order valence-electron chi connectivity index (χ4n) is 3.18. The highest BCUT2D eigenvalue weighted by Gasteiger charge is 2.28. The van der Waals surface area contributed by atoms with Crippen LogP contribution in [0.15, 0.2) is 48.5 Å². The zero-order chi connectivity index (χ0) is 22.6. The van der Waals surface area contributed by atoms with Gasteiger partial charge in [-0.2, -0.15) is 0 Å². The molecule has 1 atom stereocenters. The summed E-state index contributed by atoms with van der Waals surface area (Å²) >= 11 is 13.6. The van der Waals surface area contributed by atoms with Gasteiger partial charge in [0.05, 0.1) is 5.75 Å². The van der Waals surface area contributed by atoms with E-state index in [-0.39, 0.29) is 11.8 Å². The van der Waals surface area contributed by atoms with Crippen molar-refractivity contribution >= 4 is 46.8 Å². The highest BCUT2D eigenvalue weighted by molar-refractivity contribution is 7.99. The number of nitrogens with zero attached hydrogens (tertiary/aromatic N) is 1. The van der Waals surface area contributed by atoms with Gasteiger partial charge in [-0.25, -0.2) is 0 Å². The topological polar surface area (TPSA) is 49.4 Å². The number of hydrogen-bond donors (Lipinski definition) is 1. The first-order valence-electron chi connectivity index (χ1n) is 10.6. The second-order valence-electron chi connectivity index (χ2n) is 7.34. The third kappa shape index (κ3) is 8.76. The van der Waals surface area contributed by atoms with Crippen molar-refractivity contribution in [1.82, 2.24) is 10.2 Å². The van der Waals surface area contributed by atoms with Crippen molar-refractivity contribution in [2.45, 2.75) is 51.4 Å². The lowest BCUT2D eigenvalue weighted by Crippen LogP contribution is -2.49. The Bertz CT molecular complexity index is 846. The Kier molecular flexibility index (Phi) is 11.3. The molecule has 0 aliphatic rings. The molecule has 0 saturated heterocycles. The minimum atomic E-state index is -0.508. The molecule has 0 spiro atoms. The van der Waals surface area contributed by atoms with Gasteiger partial charge in [0.1, 0.15) is 6.04 Å². The van der Waals surface area contributed by atoms with Crippen molar-refractivity contribution in [2.75, 3.05) is 12.3 Å². The molecule has 0 radical (unpaired) electrons. The van der Waals surface area contributed by atoms with Crippen LogP contribution in [-0.4, -0.2) is 35.1 Å². The first kappa shape index (κ1) is 25.6. The number of thioether (sulfide) groups is 1. The monoisotopic (exact) mass is 480 g/mol. The number of halogens is 2. The van der Waals surface area contributed by atoms with E-state index in [1.165, 1.54) is 11.8 Å². The van der Waals surface area contributed by atoms with E-state index >= 15 is 0 Å². The summed E-state index contributed by atoms with van der Waals surface area (Å²) in [5.41, 5.74) is 2.01. The lowest BCUT2D eigenvalue weighted by atomic mass is 10.1. The van der Waals surface area contributed by atoms with Gasteiger partial charge in [0, 0.05) is 28.9 Å². The minimum Gasteiger partial charge on any atom is -0.354 e. The van der Waals surface area contributed by atoms with Gasteiger partial charge in [0.15, 0.2) is 0 Å². The van der Waals surface area contributed by atoms with Crippen LogP contribution in [0.5, 0.6) is 0 Å². The summed E-state index contributed by atoms with van der Waals surface area (Å²) in [5, 5.41) is 4.30. The number of carbonyl (C=O) groups excluding carboxylic acids is 2. The summed E-state index contributed by atoms with van der Waals surface area (Å²) in [6.07, 6.45) is 2.48. The van der Waals surface area contributed by atoms with Gasteiger partial charge >= 0.3 is 0 Å². The summed E-state index contributed by atoms with van der Waals surface area (Å²) < 4.78 is 0. The third-order valence-corrected chi connectivity index (χ3v) is 6.34. The molecule has 0 aromatic heterocycles. The van der Waals surface area contributed by atoms with Gasteiger partial charge < -0.3 is 10.2 Å². The van der Waals surface area contributed by atoms with E-state index in [4.69, 9.17) is 23.2 Å². The van der Waals surface area contributed by atoms with E-state index in [1.54, 1.807) is 17.0 Å². The molecule has 4 nitrogen and oxygen atoms in total. The Hall–Kier alpha value is -1.69. The van der Waals surface area contributed by atoms with Crippen molar-refractivity contribution in [3.8, 4) is 0 Å². The van der Waals surface area contributed by atoms with E-state index < -0.39 is 6.04 Å². The quantitative estimate of drug-likeness (QED) is 0.381. The molecule has 1 N–H and O–H groups in total. The van der Waals surface area contributed by atoms with Gasteiger partial charge in [-0.15, -0.1) is 11.8 Å². The summed E-state index contributed by atoms with van der Waals surface area (Å²) in [6, 6.07) is 14.5. The summed E-state index contributed by atoms with van der Waals surface area (Å²) in [5.74, 6) is 0.817. The molecule has 168 valence electrons. The predicted molar refractivity (Wildman–Crippen MR) is 132 cm³/mol. The van der Waals surface area contributed by atoms with E-state index in [9.17, 15) is 9.59 Å². The van der Waals surface area contributed by atoms with Gasteiger partial charge in [-0.3, -0.25) is 9.59 Å². The number of carbonyl (C=O) groups is 2. The molecule has 0 saturated carbocycles. The van der Waals surface area contributed by atoms with Crippen LogP contribution in [0.1, 0.15) is 44.2 Å². The SMILES string of the molecule is CCCCNC(=O)[C@@H](CC)N(Cc1ccc(Cl)cc1)C(=O)CSCc1cccc(Cl)c1. The van der Waals surface area contributed by atoms with Crippen LogP contribution >= 0.6 is 35.0 Å². The summed E-state index contributed by atoms with van der Waals surface area (Å²) in [6.45, 7) is 5.01. The molecule has 0 aliphatic carbocycles. The average molecular weight is 481 g/mol. The molecular formula is C24H30Cl2N2O2S. The van der Waals surface area contributed by atoms with Crippen LogP contribution < -0.4 is 5.32 Å². The molecule has 7 heteroatoms. The molecule has 2 aromatic rings. The highest BCUT2D eigenvalue weighted by Crippen LogP contribution is 2.20. The van der Waals surface area contributed by atoms with Crippen LogP contribution in [0.25, 0.3) is 0 Å². The maximum atomic E-state index is 13.2. The van der Waals surface area contributed by atoms with Crippen molar-refractivity contribution < 1.29 is 9.59 Å². The first-order valence-corrected chi connectivity index (χ1v) is 12.5. The van der Waals surface area contributed by atoms with E-state index in [0.29, 0.717) is 41.1 Å². The van der Waals surface area contributed by atoms with Gasteiger partial charge in [0.2, 0.25) is 11.8 Å². The lowest BCUT2D eigenvalue weighted by molar-refractivity contribution is -0.139. The minimum absolute atomic E-state index is 0.0560. The standard InChI is InChI=1S/C24H30Cl2N2O2S/c1-3-5-13-27-24(30)22(4-2)28(15-18-9-11-20(25)12-10-18)23(29)17-31-16-19-7-6-8-21(26)14-19/h6-12,14,22H,3-5,13,15-17H2,1-2H3,(H,27,30)/t22-/m1/s1. The molecule has 2 rings (SSSR count). The maximum absolute atomic E-state index is 13.2. The number of benzene rings is 2. The largest absolute Gasteiger partial charge is 0.354 e. The molecule has 0 unspecified atom stereocenters. The van der Waals surface area contributed by atoms with Crippen LogP contribution in [0.4, 0.5) is 0 Å². The molecule has 2 aromatic carbocycles. The third-order valence-electron chi connectivity index (χ3n) is 4.86. The van der Waals surface area contributed by atoms with E-state index in [0.717, 1.165) is 24.0 Å².